The van der Waals surface area contributed by atoms with E-state index in [9.17, 15) is 14.6 Å². The lowest BCUT2D eigenvalue weighted by molar-refractivity contribution is 0.126. The van der Waals surface area contributed by atoms with Crippen LogP contribution in [0, 0.1) is 12.7 Å². The van der Waals surface area contributed by atoms with E-state index in [0.29, 0.717) is 23.2 Å². The zero-order valence-electron chi connectivity index (χ0n) is 12.0. The van der Waals surface area contributed by atoms with Crippen LogP contribution >= 0.6 is 0 Å². The first-order chi connectivity index (χ1) is 9.47. The molecule has 0 spiro atoms. The molecule has 3 atom stereocenters. The number of benzene rings is 1. The third-order valence-corrected chi connectivity index (χ3v) is 4.74. The number of rotatable bonds is 2. The smallest absolute Gasteiger partial charge is 0.126 e. The molecule has 2 saturated heterocycles. The minimum atomic E-state index is -0.689. The highest BCUT2D eigenvalue weighted by Gasteiger charge is 2.41. The maximum atomic E-state index is 13.8. The van der Waals surface area contributed by atoms with Gasteiger partial charge in [0.25, 0.3) is 0 Å². The number of hydrogen-bond acceptors (Lipinski definition) is 3. The average molecular weight is 279 g/mol. The highest BCUT2D eigenvalue weighted by atomic mass is 19.1. The van der Waals surface area contributed by atoms with Gasteiger partial charge in [-0.3, -0.25) is 0 Å². The molecule has 3 rings (SSSR count). The van der Waals surface area contributed by atoms with Gasteiger partial charge in [-0.05, 0) is 57.2 Å². The molecule has 0 saturated carbocycles. The fourth-order valence-electron chi connectivity index (χ4n) is 3.78. The van der Waals surface area contributed by atoms with Gasteiger partial charge in [-0.25, -0.2) is 4.39 Å². The standard InChI is InChI=1S/C16H22FNO2/c1-9-5-16(14(10(2)19)8-15(9)17)18-11-3-4-12(18)7-13(20)6-11/h5,8,10-13,19-20H,3-4,6-7H2,1-2H3. The van der Waals surface area contributed by atoms with Crippen molar-refractivity contribution < 1.29 is 14.6 Å². The van der Waals surface area contributed by atoms with Crippen molar-refractivity contribution in [2.45, 2.75) is 63.8 Å². The molecule has 20 heavy (non-hydrogen) atoms. The molecule has 1 aromatic rings. The Bertz CT molecular complexity index is 503. The van der Waals surface area contributed by atoms with Gasteiger partial charge in [0, 0.05) is 23.3 Å². The Morgan fingerprint density at radius 3 is 2.40 bits per heavy atom. The first kappa shape index (κ1) is 13.8. The lowest BCUT2D eigenvalue weighted by Crippen LogP contribution is -2.45. The molecular formula is C16H22FNO2. The van der Waals surface area contributed by atoms with Crippen LogP contribution in [0.1, 0.15) is 49.8 Å². The van der Waals surface area contributed by atoms with Crippen molar-refractivity contribution >= 4 is 5.69 Å². The highest BCUT2D eigenvalue weighted by molar-refractivity contribution is 5.59. The molecule has 110 valence electrons. The van der Waals surface area contributed by atoms with Crippen LogP contribution in [0.3, 0.4) is 0 Å². The van der Waals surface area contributed by atoms with E-state index in [-0.39, 0.29) is 11.9 Å². The van der Waals surface area contributed by atoms with Gasteiger partial charge in [0.1, 0.15) is 5.82 Å². The summed E-state index contributed by atoms with van der Waals surface area (Å²) in [4.78, 5) is 2.31. The van der Waals surface area contributed by atoms with E-state index < -0.39 is 6.10 Å². The van der Waals surface area contributed by atoms with Crippen LogP contribution in [0.25, 0.3) is 0 Å². The summed E-state index contributed by atoms with van der Waals surface area (Å²) in [5, 5.41) is 19.8. The first-order valence-corrected chi connectivity index (χ1v) is 7.42. The number of fused-ring (bicyclic) bond motifs is 2. The molecule has 2 bridgehead atoms. The summed E-state index contributed by atoms with van der Waals surface area (Å²) in [6.07, 6.45) is 2.76. The molecule has 0 amide bonds. The van der Waals surface area contributed by atoms with Gasteiger partial charge in [-0.2, -0.15) is 0 Å². The van der Waals surface area contributed by atoms with E-state index in [4.69, 9.17) is 0 Å². The van der Waals surface area contributed by atoms with Gasteiger partial charge in [0.2, 0.25) is 0 Å². The first-order valence-electron chi connectivity index (χ1n) is 7.42. The number of halogens is 1. The molecule has 4 heteroatoms. The molecule has 3 unspecified atom stereocenters. The molecular weight excluding hydrogens is 257 g/mol. The van der Waals surface area contributed by atoms with Crippen molar-refractivity contribution in [3.8, 4) is 0 Å². The zero-order valence-corrected chi connectivity index (χ0v) is 12.0. The zero-order chi connectivity index (χ0) is 14.4. The molecule has 2 aliphatic rings. The molecule has 3 nitrogen and oxygen atoms in total. The monoisotopic (exact) mass is 279 g/mol. The average Bonchev–Trinajstić information content (AvgIpc) is 2.64. The van der Waals surface area contributed by atoms with E-state index >= 15 is 0 Å². The van der Waals surface area contributed by atoms with Crippen LogP contribution in [-0.4, -0.2) is 28.4 Å². The molecule has 2 N–H and O–H groups in total. The molecule has 0 radical (unpaired) electrons. The molecule has 2 heterocycles. The maximum Gasteiger partial charge on any atom is 0.126 e. The third-order valence-electron chi connectivity index (χ3n) is 4.74. The van der Waals surface area contributed by atoms with E-state index in [1.54, 1.807) is 13.8 Å². The quantitative estimate of drug-likeness (QED) is 0.874. The molecule has 2 fully saturated rings. The van der Waals surface area contributed by atoms with Crippen LogP contribution < -0.4 is 4.90 Å². The molecule has 0 aromatic heterocycles. The van der Waals surface area contributed by atoms with Crippen molar-refractivity contribution in [1.29, 1.82) is 0 Å². The largest absolute Gasteiger partial charge is 0.393 e. The van der Waals surface area contributed by atoms with Gasteiger partial charge in [-0.1, -0.05) is 0 Å². The fraction of sp³-hybridized carbons (Fsp3) is 0.625. The summed E-state index contributed by atoms with van der Waals surface area (Å²) in [6.45, 7) is 3.43. The van der Waals surface area contributed by atoms with Crippen LogP contribution in [-0.2, 0) is 0 Å². The molecule has 0 aliphatic carbocycles. The topological polar surface area (TPSA) is 43.7 Å². The third kappa shape index (κ3) is 2.21. The number of aryl methyl sites for hydroxylation is 1. The second kappa shape index (κ2) is 5.01. The molecule has 2 aliphatic heterocycles. The van der Waals surface area contributed by atoms with Crippen molar-refractivity contribution in [1.82, 2.24) is 0 Å². The van der Waals surface area contributed by atoms with Gasteiger partial charge >= 0.3 is 0 Å². The van der Waals surface area contributed by atoms with Gasteiger partial charge in [-0.15, -0.1) is 0 Å². The van der Waals surface area contributed by atoms with E-state index in [2.05, 4.69) is 4.90 Å². The Hall–Kier alpha value is -1.13. The minimum absolute atomic E-state index is 0.222. The Balaban J connectivity index is 2.04. The summed E-state index contributed by atoms with van der Waals surface area (Å²) in [5.74, 6) is -0.269. The molecule has 1 aromatic carbocycles. The summed E-state index contributed by atoms with van der Waals surface area (Å²) in [6, 6.07) is 3.93. The maximum absolute atomic E-state index is 13.8. The Kier molecular flexibility index (Phi) is 3.46. The Labute approximate surface area is 119 Å². The van der Waals surface area contributed by atoms with E-state index in [0.717, 1.165) is 31.4 Å². The number of piperidine rings is 1. The fourth-order valence-corrected chi connectivity index (χ4v) is 3.78. The number of aliphatic hydroxyl groups excluding tert-OH is 2. The van der Waals surface area contributed by atoms with Crippen molar-refractivity contribution in [3.63, 3.8) is 0 Å². The summed E-state index contributed by atoms with van der Waals surface area (Å²) in [5.41, 5.74) is 2.20. The predicted octanol–water partition coefficient (Wildman–Crippen LogP) is 2.68. The summed E-state index contributed by atoms with van der Waals surface area (Å²) < 4.78 is 13.8. The Morgan fingerprint density at radius 2 is 1.85 bits per heavy atom. The summed E-state index contributed by atoms with van der Waals surface area (Å²) >= 11 is 0. The van der Waals surface area contributed by atoms with Crippen LogP contribution in [0.15, 0.2) is 12.1 Å². The lowest BCUT2D eigenvalue weighted by Gasteiger charge is -2.40. The van der Waals surface area contributed by atoms with E-state index in [1.165, 1.54) is 6.07 Å². The van der Waals surface area contributed by atoms with Crippen LogP contribution in [0.4, 0.5) is 10.1 Å². The highest BCUT2D eigenvalue weighted by Crippen LogP contribution is 2.42. The summed E-state index contributed by atoms with van der Waals surface area (Å²) in [7, 11) is 0. The van der Waals surface area contributed by atoms with Gasteiger partial charge in [0.05, 0.1) is 12.2 Å². The van der Waals surface area contributed by atoms with Crippen LogP contribution in [0.5, 0.6) is 0 Å². The lowest BCUT2D eigenvalue weighted by atomic mass is 9.96. The Morgan fingerprint density at radius 1 is 1.25 bits per heavy atom. The SMILES string of the molecule is Cc1cc(N2C3CCC2CC(O)C3)c(C(C)O)cc1F. The van der Waals surface area contributed by atoms with Crippen molar-refractivity contribution in [2.24, 2.45) is 0 Å². The van der Waals surface area contributed by atoms with Gasteiger partial charge < -0.3 is 15.1 Å². The van der Waals surface area contributed by atoms with Gasteiger partial charge in [0.15, 0.2) is 0 Å². The number of anilines is 1. The van der Waals surface area contributed by atoms with Crippen LogP contribution in [0.2, 0.25) is 0 Å². The van der Waals surface area contributed by atoms with Crippen molar-refractivity contribution in [2.75, 3.05) is 4.90 Å². The van der Waals surface area contributed by atoms with Crippen molar-refractivity contribution in [3.05, 3.63) is 29.1 Å². The minimum Gasteiger partial charge on any atom is -0.393 e. The number of hydrogen-bond donors (Lipinski definition) is 2. The second-order valence-corrected chi connectivity index (χ2v) is 6.25. The number of aliphatic hydroxyl groups is 2. The predicted molar refractivity (Wildman–Crippen MR) is 76.3 cm³/mol. The second-order valence-electron chi connectivity index (χ2n) is 6.25. The number of nitrogens with zero attached hydrogens (tertiary/aromatic N) is 1. The van der Waals surface area contributed by atoms with E-state index in [1.807, 2.05) is 6.07 Å². The normalized spacial score (nSPS) is 30.6.